The lowest BCUT2D eigenvalue weighted by molar-refractivity contribution is -0.391. The lowest BCUT2D eigenvalue weighted by atomic mass is 9.77. The molecular weight excluding hydrogens is 290 g/mol. The second-order valence-corrected chi connectivity index (χ2v) is 5.62. The Kier molecular flexibility index (Phi) is 3.09. The number of fused-ring (bicyclic) bond motifs is 1. The third-order valence-electron chi connectivity index (χ3n) is 4.08. The summed E-state index contributed by atoms with van der Waals surface area (Å²) in [7, 11) is 0. The minimum absolute atomic E-state index is 0.404. The molecule has 1 saturated carbocycles. The first-order valence-electron chi connectivity index (χ1n) is 6.81. The number of alkyl halides is 4. The fourth-order valence-electron chi connectivity index (χ4n) is 2.85. The first-order valence-corrected chi connectivity index (χ1v) is 6.81. The summed E-state index contributed by atoms with van der Waals surface area (Å²) < 4.78 is 60.8. The van der Waals surface area contributed by atoms with Crippen molar-refractivity contribution < 1.29 is 27.0 Å². The number of ether oxygens (including phenoxy) is 2. The standard InChI is InChI=1S/C14H15F4NO2/c15-13(16)14(17,18)21-11-8-9(4-5-10(11)20-13)12(19)6-2-1-3-7-12/h4-5,8H,1-3,6-7,19H2. The van der Waals surface area contributed by atoms with Crippen LogP contribution < -0.4 is 15.2 Å². The number of hydrogen-bond acceptors (Lipinski definition) is 3. The summed E-state index contributed by atoms with van der Waals surface area (Å²) in [6, 6.07) is 4.02. The summed E-state index contributed by atoms with van der Waals surface area (Å²) in [5.41, 5.74) is 6.27. The molecule has 0 saturated heterocycles. The maximum Gasteiger partial charge on any atom is 0.507 e. The van der Waals surface area contributed by atoms with Gasteiger partial charge in [-0.3, -0.25) is 0 Å². The van der Waals surface area contributed by atoms with Crippen LogP contribution >= 0.6 is 0 Å². The van der Waals surface area contributed by atoms with Gasteiger partial charge in [0.1, 0.15) is 0 Å². The van der Waals surface area contributed by atoms with Crippen molar-refractivity contribution in [2.24, 2.45) is 5.73 Å². The van der Waals surface area contributed by atoms with Gasteiger partial charge in [0.25, 0.3) is 0 Å². The minimum atomic E-state index is -4.70. The Balaban J connectivity index is 1.96. The SMILES string of the molecule is NC1(c2ccc3c(c2)OC(F)(F)C(F)(F)O3)CCCCC1. The van der Waals surface area contributed by atoms with Crippen LogP contribution in [-0.2, 0) is 5.54 Å². The smallest absolute Gasteiger partial charge is 0.421 e. The largest absolute Gasteiger partial charge is 0.507 e. The van der Waals surface area contributed by atoms with Gasteiger partial charge in [-0.25, -0.2) is 0 Å². The highest BCUT2D eigenvalue weighted by molar-refractivity contribution is 5.46. The molecule has 0 bridgehead atoms. The normalized spacial score (nSPS) is 25.4. The molecule has 1 heterocycles. The Hall–Kier alpha value is -1.50. The van der Waals surface area contributed by atoms with Crippen LogP contribution in [0.1, 0.15) is 37.7 Å². The molecule has 0 aromatic heterocycles. The molecule has 3 nitrogen and oxygen atoms in total. The summed E-state index contributed by atoms with van der Waals surface area (Å²) in [5.74, 6) is -0.812. The van der Waals surface area contributed by atoms with E-state index in [1.165, 1.54) is 18.2 Å². The average molecular weight is 305 g/mol. The lowest BCUT2D eigenvalue weighted by Gasteiger charge is -2.36. The van der Waals surface area contributed by atoms with Crippen LogP contribution in [-0.4, -0.2) is 12.2 Å². The van der Waals surface area contributed by atoms with Gasteiger partial charge in [0.05, 0.1) is 0 Å². The van der Waals surface area contributed by atoms with E-state index in [1.807, 2.05) is 0 Å². The van der Waals surface area contributed by atoms with Crippen molar-refractivity contribution in [3.05, 3.63) is 23.8 Å². The molecule has 3 rings (SSSR count). The molecule has 0 unspecified atom stereocenters. The molecule has 0 radical (unpaired) electrons. The highest BCUT2D eigenvalue weighted by Gasteiger charge is 2.66. The van der Waals surface area contributed by atoms with E-state index in [0.29, 0.717) is 5.56 Å². The Morgan fingerprint density at radius 3 is 2.05 bits per heavy atom. The number of benzene rings is 1. The van der Waals surface area contributed by atoms with Gasteiger partial charge in [-0.1, -0.05) is 25.3 Å². The van der Waals surface area contributed by atoms with E-state index in [-0.39, 0.29) is 0 Å². The van der Waals surface area contributed by atoms with Gasteiger partial charge >= 0.3 is 12.2 Å². The van der Waals surface area contributed by atoms with Gasteiger partial charge in [0.15, 0.2) is 11.5 Å². The molecule has 2 aliphatic rings. The van der Waals surface area contributed by atoms with Crippen LogP contribution in [0.15, 0.2) is 18.2 Å². The summed E-state index contributed by atoms with van der Waals surface area (Å²) in [6.07, 6.45) is -4.98. The number of hydrogen-bond donors (Lipinski definition) is 1. The monoisotopic (exact) mass is 305 g/mol. The van der Waals surface area contributed by atoms with Gasteiger partial charge in [0, 0.05) is 5.54 Å². The van der Waals surface area contributed by atoms with Crippen LogP contribution in [0.5, 0.6) is 11.5 Å². The molecule has 116 valence electrons. The van der Waals surface area contributed by atoms with Crippen LogP contribution in [0, 0.1) is 0 Å². The van der Waals surface area contributed by atoms with E-state index in [2.05, 4.69) is 9.47 Å². The summed E-state index contributed by atoms with van der Waals surface area (Å²) in [4.78, 5) is 0. The Morgan fingerprint density at radius 1 is 0.857 bits per heavy atom. The fourth-order valence-corrected chi connectivity index (χ4v) is 2.85. The number of halogens is 4. The molecule has 1 aromatic carbocycles. The number of rotatable bonds is 1. The van der Waals surface area contributed by atoms with Gasteiger partial charge < -0.3 is 15.2 Å². The molecule has 2 N–H and O–H groups in total. The third-order valence-corrected chi connectivity index (χ3v) is 4.08. The van der Waals surface area contributed by atoms with Gasteiger partial charge in [-0.15, -0.1) is 0 Å². The molecule has 1 aromatic rings. The molecule has 0 spiro atoms. The van der Waals surface area contributed by atoms with Crippen LogP contribution in [0.25, 0.3) is 0 Å². The molecular formula is C14H15F4NO2. The quantitative estimate of drug-likeness (QED) is 0.803. The topological polar surface area (TPSA) is 44.5 Å². The molecule has 1 aliphatic heterocycles. The van der Waals surface area contributed by atoms with Crippen LogP contribution in [0.4, 0.5) is 17.6 Å². The fraction of sp³-hybridized carbons (Fsp3) is 0.571. The van der Waals surface area contributed by atoms with E-state index in [9.17, 15) is 17.6 Å². The molecule has 1 aliphatic carbocycles. The molecule has 7 heteroatoms. The van der Waals surface area contributed by atoms with Gasteiger partial charge in [-0.05, 0) is 30.5 Å². The maximum absolute atomic E-state index is 13.2. The molecule has 1 fully saturated rings. The van der Waals surface area contributed by atoms with Crippen LogP contribution in [0.2, 0.25) is 0 Å². The second kappa shape index (κ2) is 4.50. The van der Waals surface area contributed by atoms with E-state index in [4.69, 9.17) is 5.73 Å². The summed E-state index contributed by atoms with van der Waals surface area (Å²) in [5, 5.41) is 0. The van der Waals surface area contributed by atoms with E-state index in [1.54, 1.807) is 0 Å². The lowest BCUT2D eigenvalue weighted by Crippen LogP contribution is -2.52. The first-order chi connectivity index (χ1) is 9.74. The Labute approximate surface area is 119 Å². The second-order valence-electron chi connectivity index (χ2n) is 5.62. The van der Waals surface area contributed by atoms with Crippen molar-refractivity contribution in [2.75, 3.05) is 0 Å². The Bertz CT molecular complexity index is 556. The van der Waals surface area contributed by atoms with Crippen LogP contribution in [0.3, 0.4) is 0 Å². The molecule has 0 amide bonds. The van der Waals surface area contributed by atoms with E-state index < -0.39 is 29.3 Å². The summed E-state index contributed by atoms with van der Waals surface area (Å²) in [6.45, 7) is 0. The minimum Gasteiger partial charge on any atom is -0.421 e. The van der Waals surface area contributed by atoms with Crippen molar-refractivity contribution in [1.82, 2.24) is 0 Å². The van der Waals surface area contributed by atoms with Crippen molar-refractivity contribution in [3.63, 3.8) is 0 Å². The van der Waals surface area contributed by atoms with Gasteiger partial charge in [0.2, 0.25) is 0 Å². The van der Waals surface area contributed by atoms with Crippen molar-refractivity contribution in [2.45, 2.75) is 49.9 Å². The van der Waals surface area contributed by atoms with Crippen molar-refractivity contribution in [1.29, 1.82) is 0 Å². The zero-order chi connectivity index (χ0) is 15.3. The maximum atomic E-state index is 13.2. The Morgan fingerprint density at radius 2 is 1.43 bits per heavy atom. The highest BCUT2D eigenvalue weighted by atomic mass is 19.3. The first kappa shape index (κ1) is 14.4. The molecule has 21 heavy (non-hydrogen) atoms. The third kappa shape index (κ3) is 2.33. The zero-order valence-electron chi connectivity index (χ0n) is 11.2. The van der Waals surface area contributed by atoms with E-state index >= 15 is 0 Å². The summed E-state index contributed by atoms with van der Waals surface area (Å²) >= 11 is 0. The number of nitrogens with two attached hydrogens (primary N) is 1. The van der Waals surface area contributed by atoms with E-state index in [0.717, 1.165) is 32.1 Å². The van der Waals surface area contributed by atoms with Crippen molar-refractivity contribution >= 4 is 0 Å². The predicted molar refractivity (Wildman–Crippen MR) is 66.5 cm³/mol. The van der Waals surface area contributed by atoms with Gasteiger partial charge in [-0.2, -0.15) is 17.6 Å². The predicted octanol–water partition coefficient (Wildman–Crippen LogP) is 3.76. The zero-order valence-corrected chi connectivity index (χ0v) is 11.2. The van der Waals surface area contributed by atoms with Crippen molar-refractivity contribution in [3.8, 4) is 11.5 Å². The highest BCUT2D eigenvalue weighted by Crippen LogP contribution is 2.48. The molecule has 0 atom stereocenters. The average Bonchev–Trinajstić information content (AvgIpc) is 2.39.